The number of nitro benzene ring substituents is 1. The maximum Gasteiger partial charge on any atom is 0.271 e. The number of nitrogens with zero attached hydrogens (tertiary/aromatic N) is 3. The molecule has 0 aliphatic carbocycles. The molecule has 1 unspecified atom stereocenters. The van der Waals surface area contributed by atoms with Gasteiger partial charge in [-0.25, -0.2) is 0 Å². The molecule has 1 atom stereocenters. The summed E-state index contributed by atoms with van der Waals surface area (Å²) >= 11 is 0. The molecule has 0 bridgehead atoms. The lowest BCUT2D eigenvalue weighted by atomic mass is 9.98. The van der Waals surface area contributed by atoms with Crippen LogP contribution in [0.1, 0.15) is 26.3 Å². The normalized spacial score (nSPS) is 19.8. The van der Waals surface area contributed by atoms with Crippen molar-refractivity contribution in [3.05, 3.63) is 64.2 Å². The van der Waals surface area contributed by atoms with Crippen molar-refractivity contribution in [2.24, 2.45) is 0 Å². The van der Waals surface area contributed by atoms with Gasteiger partial charge in [-0.3, -0.25) is 10.1 Å². The predicted molar refractivity (Wildman–Crippen MR) is 92.9 cm³/mol. The molecule has 1 heterocycles. The molecule has 0 N–H and O–H groups in total. The second-order valence-corrected chi connectivity index (χ2v) is 5.81. The topological polar surface area (TPSA) is 49.6 Å². The molecule has 0 saturated carbocycles. The number of rotatable bonds is 4. The van der Waals surface area contributed by atoms with E-state index >= 15 is 0 Å². The van der Waals surface area contributed by atoms with E-state index in [1.54, 1.807) is 12.1 Å². The molecule has 0 fully saturated rings. The summed E-state index contributed by atoms with van der Waals surface area (Å²) in [6, 6.07) is 15.5. The Bertz CT molecular complexity index is 732. The summed E-state index contributed by atoms with van der Waals surface area (Å²) in [5, 5.41) is 11.2. The number of fused-ring (bicyclic) bond motifs is 1. The third-order valence-corrected chi connectivity index (χ3v) is 4.76. The van der Waals surface area contributed by atoms with Crippen LogP contribution in [0.5, 0.6) is 0 Å². The van der Waals surface area contributed by atoms with Gasteiger partial charge in [0, 0.05) is 25.2 Å². The zero-order valence-electron chi connectivity index (χ0n) is 13.7. The van der Waals surface area contributed by atoms with Crippen LogP contribution >= 0.6 is 0 Å². The van der Waals surface area contributed by atoms with Gasteiger partial charge >= 0.3 is 0 Å². The Morgan fingerprint density at radius 1 is 1.00 bits per heavy atom. The van der Waals surface area contributed by atoms with Crippen molar-refractivity contribution in [3.63, 3.8) is 0 Å². The summed E-state index contributed by atoms with van der Waals surface area (Å²) in [5.74, 6) is 0. The van der Waals surface area contributed by atoms with Crippen LogP contribution in [0.4, 0.5) is 17.1 Å². The highest BCUT2D eigenvalue weighted by Crippen LogP contribution is 2.50. The van der Waals surface area contributed by atoms with Gasteiger partial charge in [0.25, 0.3) is 5.69 Å². The van der Waals surface area contributed by atoms with E-state index in [0.29, 0.717) is 0 Å². The minimum atomic E-state index is -0.345. The first-order valence-electron chi connectivity index (χ1n) is 7.93. The van der Waals surface area contributed by atoms with Crippen molar-refractivity contribution in [1.82, 2.24) is 0 Å². The standard InChI is InChI=1S/C18H21N3O2/c1-4-19-16-12-11-15(21(22)23)13-17(16)20(5-2)18(19,3)14-9-7-6-8-10-14/h6-13H,4-5H2,1-3H3. The summed E-state index contributed by atoms with van der Waals surface area (Å²) in [6.45, 7) is 7.98. The summed E-state index contributed by atoms with van der Waals surface area (Å²) in [5.41, 5.74) is 2.95. The monoisotopic (exact) mass is 311 g/mol. The highest BCUT2D eigenvalue weighted by atomic mass is 16.6. The zero-order valence-corrected chi connectivity index (χ0v) is 13.7. The Kier molecular flexibility index (Phi) is 3.72. The van der Waals surface area contributed by atoms with E-state index in [-0.39, 0.29) is 16.3 Å². The molecule has 0 radical (unpaired) electrons. The lowest BCUT2D eigenvalue weighted by molar-refractivity contribution is -0.384. The molecule has 23 heavy (non-hydrogen) atoms. The van der Waals surface area contributed by atoms with Gasteiger partial charge in [-0.05, 0) is 32.4 Å². The van der Waals surface area contributed by atoms with Crippen LogP contribution in [0, 0.1) is 10.1 Å². The van der Waals surface area contributed by atoms with Crippen LogP contribution in [-0.4, -0.2) is 18.0 Å². The van der Waals surface area contributed by atoms with Gasteiger partial charge in [0.1, 0.15) is 5.66 Å². The van der Waals surface area contributed by atoms with Crippen LogP contribution in [0.15, 0.2) is 48.5 Å². The SMILES string of the molecule is CCN1c2ccc([N+](=O)[O-])cc2N(CC)C1(C)c1ccccc1. The van der Waals surface area contributed by atoms with E-state index in [2.05, 4.69) is 42.7 Å². The van der Waals surface area contributed by atoms with Crippen LogP contribution in [0.25, 0.3) is 0 Å². The molecule has 2 aromatic rings. The van der Waals surface area contributed by atoms with Gasteiger partial charge in [-0.15, -0.1) is 0 Å². The van der Waals surface area contributed by atoms with Crippen LogP contribution in [0.2, 0.25) is 0 Å². The fourth-order valence-corrected chi connectivity index (χ4v) is 3.71. The molecular formula is C18H21N3O2. The number of anilines is 2. The number of non-ortho nitro benzene ring substituents is 1. The van der Waals surface area contributed by atoms with E-state index in [9.17, 15) is 10.1 Å². The predicted octanol–water partition coefficient (Wildman–Crippen LogP) is 4.13. The zero-order chi connectivity index (χ0) is 16.6. The minimum Gasteiger partial charge on any atom is -0.344 e. The number of hydrogen-bond acceptors (Lipinski definition) is 4. The summed E-state index contributed by atoms with van der Waals surface area (Å²) < 4.78 is 0. The van der Waals surface area contributed by atoms with Crippen molar-refractivity contribution in [1.29, 1.82) is 0 Å². The average Bonchev–Trinajstić information content (AvgIpc) is 2.82. The molecule has 5 heteroatoms. The van der Waals surface area contributed by atoms with Crippen molar-refractivity contribution in [2.45, 2.75) is 26.4 Å². The van der Waals surface area contributed by atoms with Crippen LogP contribution in [0.3, 0.4) is 0 Å². The minimum absolute atomic E-state index is 0.135. The summed E-state index contributed by atoms with van der Waals surface area (Å²) in [6.07, 6.45) is 0. The van der Waals surface area contributed by atoms with Crippen molar-refractivity contribution >= 4 is 17.1 Å². The van der Waals surface area contributed by atoms with Crippen LogP contribution < -0.4 is 9.80 Å². The molecule has 120 valence electrons. The Morgan fingerprint density at radius 3 is 2.17 bits per heavy atom. The number of benzene rings is 2. The highest BCUT2D eigenvalue weighted by Gasteiger charge is 2.46. The molecule has 0 aromatic heterocycles. The summed E-state index contributed by atoms with van der Waals surface area (Å²) in [4.78, 5) is 15.4. The van der Waals surface area contributed by atoms with Crippen molar-refractivity contribution in [2.75, 3.05) is 22.9 Å². The smallest absolute Gasteiger partial charge is 0.271 e. The van der Waals surface area contributed by atoms with E-state index < -0.39 is 0 Å². The maximum atomic E-state index is 11.2. The molecule has 3 rings (SSSR count). The van der Waals surface area contributed by atoms with Gasteiger partial charge in [-0.1, -0.05) is 30.3 Å². The van der Waals surface area contributed by atoms with Crippen LogP contribution in [-0.2, 0) is 5.66 Å². The first-order chi connectivity index (χ1) is 11.0. The fourth-order valence-electron chi connectivity index (χ4n) is 3.71. The largest absolute Gasteiger partial charge is 0.344 e. The quantitative estimate of drug-likeness (QED) is 0.629. The van der Waals surface area contributed by atoms with Gasteiger partial charge in [0.05, 0.1) is 16.3 Å². The first-order valence-corrected chi connectivity index (χ1v) is 7.93. The van der Waals surface area contributed by atoms with E-state index in [4.69, 9.17) is 0 Å². The number of hydrogen-bond donors (Lipinski definition) is 0. The van der Waals surface area contributed by atoms with E-state index in [0.717, 1.165) is 24.5 Å². The Hall–Kier alpha value is -2.56. The Morgan fingerprint density at radius 2 is 1.61 bits per heavy atom. The lowest BCUT2D eigenvalue weighted by Gasteiger charge is -2.43. The van der Waals surface area contributed by atoms with Crippen molar-refractivity contribution < 1.29 is 4.92 Å². The highest BCUT2D eigenvalue weighted by molar-refractivity contribution is 5.82. The van der Waals surface area contributed by atoms with Gasteiger partial charge in [-0.2, -0.15) is 0 Å². The average molecular weight is 311 g/mol. The lowest BCUT2D eigenvalue weighted by Crippen LogP contribution is -2.52. The molecule has 2 aromatic carbocycles. The Labute approximate surface area is 136 Å². The molecular weight excluding hydrogens is 290 g/mol. The van der Waals surface area contributed by atoms with E-state index in [1.807, 2.05) is 24.3 Å². The molecule has 5 nitrogen and oxygen atoms in total. The van der Waals surface area contributed by atoms with Gasteiger partial charge in [0.15, 0.2) is 0 Å². The maximum absolute atomic E-state index is 11.2. The molecule has 1 aliphatic rings. The molecule has 1 aliphatic heterocycles. The second kappa shape index (κ2) is 5.57. The third kappa shape index (κ3) is 2.15. The van der Waals surface area contributed by atoms with Gasteiger partial charge < -0.3 is 9.80 Å². The Balaban J connectivity index is 2.21. The molecule has 0 amide bonds. The molecule has 0 spiro atoms. The summed E-state index contributed by atoms with van der Waals surface area (Å²) in [7, 11) is 0. The molecule has 0 saturated heterocycles. The fraction of sp³-hybridized carbons (Fsp3) is 0.333. The first kappa shape index (κ1) is 15.3. The second-order valence-electron chi connectivity index (χ2n) is 5.81. The van der Waals surface area contributed by atoms with Crippen molar-refractivity contribution in [3.8, 4) is 0 Å². The van der Waals surface area contributed by atoms with Gasteiger partial charge in [0.2, 0.25) is 0 Å². The van der Waals surface area contributed by atoms with E-state index in [1.165, 1.54) is 5.56 Å². The third-order valence-electron chi connectivity index (χ3n) is 4.76. The number of nitro groups is 1.